The molecule has 0 saturated carbocycles. The maximum Gasteiger partial charge on any atom is 0.262 e. The highest BCUT2D eigenvalue weighted by molar-refractivity contribution is 9.10. The number of hydrogen-bond acceptors (Lipinski definition) is 2. The number of likely N-dealkylation sites (N-methyl/N-ethyl adjacent to an activating group) is 1. The Hall–Kier alpha value is -1.01. The predicted molar refractivity (Wildman–Crippen MR) is 72.0 cm³/mol. The molecule has 6 heteroatoms. The topological polar surface area (TPSA) is 32.3 Å². The number of carbonyl (C=O) groups excluding carboxylic acids is 1. The van der Waals surface area contributed by atoms with E-state index in [1.807, 2.05) is 24.3 Å². The Morgan fingerprint density at radius 1 is 1.47 bits per heavy atom. The SMILES string of the molecule is CN(Cc1ccc(Br)cc1)C(=O)C1CC(F)(F)CN1. The van der Waals surface area contributed by atoms with E-state index in [9.17, 15) is 13.6 Å². The van der Waals surface area contributed by atoms with Crippen LogP contribution in [0.1, 0.15) is 12.0 Å². The first-order valence-electron chi connectivity index (χ1n) is 5.98. The van der Waals surface area contributed by atoms with Crippen LogP contribution in [-0.4, -0.2) is 36.4 Å². The lowest BCUT2D eigenvalue weighted by Crippen LogP contribution is -2.41. The van der Waals surface area contributed by atoms with Gasteiger partial charge in [0.05, 0.1) is 12.6 Å². The highest BCUT2D eigenvalue weighted by Gasteiger charge is 2.43. The van der Waals surface area contributed by atoms with Gasteiger partial charge in [0.15, 0.2) is 0 Å². The molecule has 1 aliphatic heterocycles. The van der Waals surface area contributed by atoms with E-state index in [1.54, 1.807) is 7.05 Å². The van der Waals surface area contributed by atoms with E-state index < -0.39 is 24.9 Å². The molecule has 0 aliphatic carbocycles. The van der Waals surface area contributed by atoms with E-state index in [4.69, 9.17) is 0 Å². The van der Waals surface area contributed by atoms with Crippen molar-refractivity contribution in [2.24, 2.45) is 0 Å². The molecule has 1 saturated heterocycles. The van der Waals surface area contributed by atoms with Crippen molar-refractivity contribution in [3.63, 3.8) is 0 Å². The second-order valence-electron chi connectivity index (χ2n) is 4.81. The summed E-state index contributed by atoms with van der Waals surface area (Å²) >= 11 is 3.33. The number of carbonyl (C=O) groups is 1. The molecule has 1 heterocycles. The third-order valence-electron chi connectivity index (χ3n) is 3.12. The Bertz CT molecular complexity index is 464. The summed E-state index contributed by atoms with van der Waals surface area (Å²) in [4.78, 5) is 13.5. The van der Waals surface area contributed by atoms with Crippen molar-refractivity contribution in [2.45, 2.75) is 24.9 Å². The molecule has 0 radical (unpaired) electrons. The summed E-state index contributed by atoms with van der Waals surface area (Å²) in [5, 5.41) is 2.57. The standard InChI is InChI=1S/C13H15BrF2N2O/c1-18(7-9-2-4-10(14)5-3-9)12(19)11-6-13(15,16)8-17-11/h2-5,11,17H,6-8H2,1H3. The van der Waals surface area contributed by atoms with Crippen molar-refractivity contribution in [3.8, 4) is 0 Å². The highest BCUT2D eigenvalue weighted by atomic mass is 79.9. The molecule has 1 N–H and O–H groups in total. The average molecular weight is 333 g/mol. The molecule has 1 fully saturated rings. The lowest BCUT2D eigenvalue weighted by Gasteiger charge is -2.21. The Kier molecular flexibility index (Phi) is 4.20. The molecule has 2 rings (SSSR count). The highest BCUT2D eigenvalue weighted by Crippen LogP contribution is 2.26. The average Bonchev–Trinajstić information content (AvgIpc) is 2.71. The molecule has 1 unspecified atom stereocenters. The number of amides is 1. The molecule has 0 spiro atoms. The predicted octanol–water partition coefficient (Wildman–Crippen LogP) is 2.40. The Morgan fingerprint density at radius 2 is 2.11 bits per heavy atom. The molecule has 1 aromatic rings. The molecular weight excluding hydrogens is 318 g/mol. The zero-order valence-electron chi connectivity index (χ0n) is 10.5. The summed E-state index contributed by atoms with van der Waals surface area (Å²) in [5.74, 6) is -3.07. The minimum Gasteiger partial charge on any atom is -0.340 e. The second kappa shape index (κ2) is 5.54. The van der Waals surface area contributed by atoms with E-state index in [1.165, 1.54) is 4.90 Å². The third kappa shape index (κ3) is 3.73. The molecule has 1 atom stereocenters. The number of nitrogens with zero attached hydrogens (tertiary/aromatic N) is 1. The molecule has 19 heavy (non-hydrogen) atoms. The lowest BCUT2D eigenvalue weighted by molar-refractivity contribution is -0.132. The molecule has 1 aliphatic rings. The summed E-state index contributed by atoms with van der Waals surface area (Å²) in [5.41, 5.74) is 0.962. The van der Waals surface area contributed by atoms with Crippen LogP contribution < -0.4 is 5.32 Å². The molecule has 3 nitrogen and oxygen atoms in total. The van der Waals surface area contributed by atoms with Gasteiger partial charge < -0.3 is 4.90 Å². The van der Waals surface area contributed by atoms with Crippen LogP contribution in [0, 0.1) is 0 Å². The zero-order chi connectivity index (χ0) is 14.0. The third-order valence-corrected chi connectivity index (χ3v) is 3.65. The number of hydrogen-bond donors (Lipinski definition) is 1. The van der Waals surface area contributed by atoms with E-state index in [0.29, 0.717) is 6.54 Å². The lowest BCUT2D eigenvalue weighted by atomic mass is 10.1. The minimum atomic E-state index is -2.78. The summed E-state index contributed by atoms with van der Waals surface area (Å²) in [6.45, 7) is -0.00854. The van der Waals surface area contributed by atoms with Crippen molar-refractivity contribution >= 4 is 21.8 Å². The number of alkyl halides is 2. The van der Waals surface area contributed by atoms with Crippen LogP contribution in [0.2, 0.25) is 0 Å². The monoisotopic (exact) mass is 332 g/mol. The fourth-order valence-corrected chi connectivity index (χ4v) is 2.36. The van der Waals surface area contributed by atoms with Crippen LogP contribution in [0.4, 0.5) is 8.78 Å². The van der Waals surface area contributed by atoms with Crippen LogP contribution in [0.25, 0.3) is 0 Å². The van der Waals surface area contributed by atoms with Gasteiger partial charge in [-0.2, -0.15) is 0 Å². The van der Waals surface area contributed by atoms with Gasteiger partial charge in [-0.3, -0.25) is 10.1 Å². The number of benzene rings is 1. The largest absolute Gasteiger partial charge is 0.340 e. The van der Waals surface area contributed by atoms with E-state index in [2.05, 4.69) is 21.2 Å². The van der Waals surface area contributed by atoms with Crippen LogP contribution in [0.15, 0.2) is 28.7 Å². The fourth-order valence-electron chi connectivity index (χ4n) is 2.10. The maximum absolute atomic E-state index is 13.1. The van der Waals surface area contributed by atoms with Gasteiger partial charge in [-0.15, -0.1) is 0 Å². The summed E-state index contributed by atoms with van der Waals surface area (Å²) in [6, 6.07) is 6.77. The van der Waals surface area contributed by atoms with Crippen LogP contribution >= 0.6 is 15.9 Å². The number of halogens is 3. The normalized spacial score (nSPS) is 21.4. The van der Waals surface area contributed by atoms with Crippen molar-refractivity contribution in [2.75, 3.05) is 13.6 Å². The molecule has 104 valence electrons. The zero-order valence-corrected chi connectivity index (χ0v) is 12.1. The van der Waals surface area contributed by atoms with Gasteiger partial charge in [-0.05, 0) is 17.7 Å². The first-order valence-corrected chi connectivity index (χ1v) is 6.77. The summed E-state index contributed by atoms with van der Waals surface area (Å²) in [7, 11) is 1.63. The van der Waals surface area contributed by atoms with Gasteiger partial charge in [0.25, 0.3) is 5.92 Å². The summed E-state index contributed by atoms with van der Waals surface area (Å²) in [6.07, 6.45) is -0.420. The van der Waals surface area contributed by atoms with Gasteiger partial charge >= 0.3 is 0 Å². The van der Waals surface area contributed by atoms with E-state index in [0.717, 1.165) is 10.0 Å². The smallest absolute Gasteiger partial charge is 0.262 e. The fraction of sp³-hybridized carbons (Fsp3) is 0.462. The van der Waals surface area contributed by atoms with Crippen molar-refractivity contribution in [1.29, 1.82) is 0 Å². The number of nitrogens with one attached hydrogen (secondary N) is 1. The first kappa shape index (κ1) is 14.4. The molecule has 0 aromatic heterocycles. The van der Waals surface area contributed by atoms with E-state index in [-0.39, 0.29) is 5.91 Å². The first-order chi connectivity index (χ1) is 8.87. The van der Waals surface area contributed by atoms with E-state index >= 15 is 0 Å². The van der Waals surface area contributed by atoms with Gasteiger partial charge in [0, 0.05) is 24.5 Å². The molecule has 1 aromatic carbocycles. The van der Waals surface area contributed by atoms with Gasteiger partial charge in [-0.25, -0.2) is 8.78 Å². The quantitative estimate of drug-likeness (QED) is 0.921. The molecule has 1 amide bonds. The number of rotatable bonds is 3. The minimum absolute atomic E-state index is 0.292. The second-order valence-corrected chi connectivity index (χ2v) is 5.73. The van der Waals surface area contributed by atoms with Gasteiger partial charge in [0.2, 0.25) is 5.91 Å². The van der Waals surface area contributed by atoms with Crippen LogP contribution in [0.3, 0.4) is 0 Å². The molecular formula is C13H15BrF2N2O. The Balaban J connectivity index is 1.94. The van der Waals surface area contributed by atoms with Crippen molar-refractivity contribution in [3.05, 3.63) is 34.3 Å². The Morgan fingerprint density at radius 3 is 2.63 bits per heavy atom. The molecule has 0 bridgehead atoms. The van der Waals surface area contributed by atoms with Crippen LogP contribution in [0.5, 0.6) is 0 Å². The summed E-state index contributed by atoms with van der Waals surface area (Å²) < 4.78 is 27.1. The van der Waals surface area contributed by atoms with Crippen molar-refractivity contribution in [1.82, 2.24) is 10.2 Å². The van der Waals surface area contributed by atoms with Crippen LogP contribution in [-0.2, 0) is 11.3 Å². The van der Waals surface area contributed by atoms with Crippen molar-refractivity contribution < 1.29 is 13.6 Å². The van der Waals surface area contributed by atoms with Gasteiger partial charge in [-0.1, -0.05) is 28.1 Å². The van der Waals surface area contributed by atoms with Gasteiger partial charge in [0.1, 0.15) is 0 Å². The Labute approximate surface area is 119 Å². The maximum atomic E-state index is 13.1.